The van der Waals surface area contributed by atoms with Crippen LogP contribution < -0.4 is 5.32 Å². The Morgan fingerprint density at radius 1 is 1.20 bits per heavy atom. The smallest absolute Gasteiger partial charge is 0.309 e. The average molecular weight is 415 g/mol. The largest absolute Gasteiger partial charge is 0.460 e. The molecular formula is C26H42N2O2. The number of benzene rings is 1. The van der Waals surface area contributed by atoms with E-state index in [1.54, 1.807) is 0 Å². The molecule has 1 aliphatic carbocycles. The Morgan fingerprint density at radius 2 is 1.90 bits per heavy atom. The Hall–Kier alpha value is -1.39. The molecule has 30 heavy (non-hydrogen) atoms. The van der Waals surface area contributed by atoms with Gasteiger partial charge in [0.2, 0.25) is 0 Å². The third kappa shape index (κ3) is 6.55. The normalized spacial score (nSPS) is 22.9. The number of carbonyl (C=O) groups is 1. The van der Waals surface area contributed by atoms with Crippen molar-refractivity contribution in [3.8, 4) is 0 Å². The van der Waals surface area contributed by atoms with Gasteiger partial charge in [0.15, 0.2) is 0 Å². The summed E-state index contributed by atoms with van der Waals surface area (Å²) in [6.45, 7) is 10.2. The highest BCUT2D eigenvalue weighted by molar-refractivity contribution is 5.73. The standard InChI is InChI=1S/C26H42N2O2/c1-5-12-22(24(29)30-25(2,3)4)19-26(16-9-10-17-26)27-23-15-11-18-28(23)20-21-13-7-6-8-14-21/h6-8,13-14,22-23,27H,5,9-12,15-20H2,1-4H3. The average Bonchev–Trinajstić information content (AvgIpc) is 3.31. The van der Waals surface area contributed by atoms with Gasteiger partial charge in [-0.05, 0) is 64.9 Å². The fourth-order valence-electron chi connectivity index (χ4n) is 5.32. The van der Waals surface area contributed by atoms with Crippen LogP contribution in [-0.4, -0.2) is 34.7 Å². The first-order valence-corrected chi connectivity index (χ1v) is 12.1. The highest BCUT2D eigenvalue weighted by atomic mass is 16.6. The monoisotopic (exact) mass is 414 g/mol. The van der Waals surface area contributed by atoms with Crippen molar-refractivity contribution in [2.24, 2.45) is 5.92 Å². The minimum absolute atomic E-state index is 0.00927. The number of ether oxygens (including phenoxy) is 1. The summed E-state index contributed by atoms with van der Waals surface area (Å²) in [4.78, 5) is 15.6. The molecule has 3 rings (SSSR count). The summed E-state index contributed by atoms with van der Waals surface area (Å²) in [5.74, 6) is -0.0196. The number of hydrogen-bond donors (Lipinski definition) is 1. The van der Waals surface area contributed by atoms with Crippen molar-refractivity contribution >= 4 is 5.97 Å². The van der Waals surface area contributed by atoms with Crippen LogP contribution in [0.25, 0.3) is 0 Å². The van der Waals surface area contributed by atoms with Gasteiger partial charge in [0.1, 0.15) is 5.60 Å². The van der Waals surface area contributed by atoms with Crippen molar-refractivity contribution in [1.29, 1.82) is 0 Å². The molecule has 1 saturated heterocycles. The first-order valence-electron chi connectivity index (χ1n) is 12.1. The van der Waals surface area contributed by atoms with E-state index in [0.717, 1.165) is 32.4 Å². The molecule has 0 amide bonds. The highest BCUT2D eigenvalue weighted by Crippen LogP contribution is 2.38. The minimum atomic E-state index is -0.419. The van der Waals surface area contributed by atoms with Crippen molar-refractivity contribution in [1.82, 2.24) is 10.2 Å². The second kappa shape index (κ2) is 10.3. The minimum Gasteiger partial charge on any atom is -0.460 e. The molecule has 2 unspecified atom stereocenters. The topological polar surface area (TPSA) is 41.6 Å². The van der Waals surface area contributed by atoms with E-state index < -0.39 is 5.60 Å². The summed E-state index contributed by atoms with van der Waals surface area (Å²) in [5, 5.41) is 4.09. The first-order chi connectivity index (χ1) is 14.3. The molecule has 1 aliphatic heterocycles. The number of esters is 1. The maximum absolute atomic E-state index is 13.0. The molecule has 0 radical (unpaired) electrons. The number of nitrogens with zero attached hydrogens (tertiary/aromatic N) is 1. The Bertz CT molecular complexity index is 661. The van der Waals surface area contributed by atoms with Crippen molar-refractivity contribution in [2.45, 2.75) is 109 Å². The maximum Gasteiger partial charge on any atom is 0.309 e. The van der Waals surface area contributed by atoms with Crippen molar-refractivity contribution in [3.05, 3.63) is 35.9 Å². The molecular weight excluding hydrogens is 372 g/mol. The molecule has 4 heteroatoms. The zero-order chi connectivity index (χ0) is 21.6. The van der Waals surface area contributed by atoms with E-state index in [0.29, 0.717) is 6.17 Å². The van der Waals surface area contributed by atoms with E-state index in [2.05, 4.69) is 47.5 Å². The second-order valence-corrected chi connectivity index (χ2v) is 10.5. The van der Waals surface area contributed by atoms with Gasteiger partial charge in [0.05, 0.1) is 12.1 Å². The zero-order valence-electron chi connectivity index (χ0n) is 19.6. The van der Waals surface area contributed by atoms with Gasteiger partial charge in [0.25, 0.3) is 0 Å². The molecule has 168 valence electrons. The Morgan fingerprint density at radius 3 is 2.53 bits per heavy atom. The highest BCUT2D eigenvalue weighted by Gasteiger charge is 2.41. The third-order valence-electron chi connectivity index (χ3n) is 6.64. The molecule has 2 fully saturated rings. The lowest BCUT2D eigenvalue weighted by atomic mass is 9.83. The van der Waals surface area contributed by atoms with E-state index >= 15 is 0 Å². The van der Waals surface area contributed by atoms with Gasteiger partial charge in [0, 0.05) is 18.6 Å². The Balaban J connectivity index is 1.69. The van der Waals surface area contributed by atoms with Gasteiger partial charge in [-0.15, -0.1) is 0 Å². The van der Waals surface area contributed by atoms with Gasteiger partial charge in [-0.2, -0.15) is 0 Å². The summed E-state index contributed by atoms with van der Waals surface area (Å²) in [5.41, 5.74) is 1.03. The van der Waals surface area contributed by atoms with Crippen molar-refractivity contribution < 1.29 is 9.53 Å². The predicted octanol–water partition coefficient (Wildman–Crippen LogP) is 5.66. The van der Waals surface area contributed by atoms with Crippen LogP contribution in [0.1, 0.15) is 91.0 Å². The predicted molar refractivity (Wildman–Crippen MR) is 123 cm³/mol. The van der Waals surface area contributed by atoms with Crippen LogP contribution in [-0.2, 0) is 16.1 Å². The molecule has 1 N–H and O–H groups in total. The SMILES string of the molecule is CCCC(CC1(NC2CCCN2Cc2ccccc2)CCCC1)C(=O)OC(C)(C)C. The molecule has 1 aromatic rings. The van der Waals surface area contributed by atoms with Crippen LogP contribution in [0.3, 0.4) is 0 Å². The molecule has 0 bridgehead atoms. The van der Waals surface area contributed by atoms with E-state index in [4.69, 9.17) is 4.74 Å². The van der Waals surface area contributed by atoms with Gasteiger partial charge in [-0.1, -0.05) is 56.5 Å². The molecule has 4 nitrogen and oxygen atoms in total. The lowest BCUT2D eigenvalue weighted by Crippen LogP contribution is -2.54. The van der Waals surface area contributed by atoms with Crippen LogP contribution in [0.15, 0.2) is 30.3 Å². The summed E-state index contributed by atoms with van der Waals surface area (Å²) >= 11 is 0. The number of carbonyl (C=O) groups excluding carboxylic acids is 1. The second-order valence-electron chi connectivity index (χ2n) is 10.5. The van der Waals surface area contributed by atoms with Crippen LogP contribution >= 0.6 is 0 Å². The number of hydrogen-bond acceptors (Lipinski definition) is 4. The van der Waals surface area contributed by atoms with Gasteiger partial charge in [-0.3, -0.25) is 15.0 Å². The van der Waals surface area contributed by atoms with Crippen LogP contribution in [0, 0.1) is 5.92 Å². The molecule has 2 atom stereocenters. The molecule has 0 aromatic heterocycles. The van der Waals surface area contributed by atoms with Crippen LogP contribution in [0.4, 0.5) is 0 Å². The lowest BCUT2D eigenvalue weighted by Gasteiger charge is -2.39. The molecule has 1 saturated carbocycles. The van der Waals surface area contributed by atoms with Gasteiger partial charge >= 0.3 is 5.97 Å². The number of nitrogens with one attached hydrogen (secondary N) is 1. The molecule has 2 aliphatic rings. The maximum atomic E-state index is 13.0. The van der Waals surface area contributed by atoms with Gasteiger partial charge < -0.3 is 4.74 Å². The summed E-state index contributed by atoms with van der Waals surface area (Å²) in [6, 6.07) is 10.8. The summed E-state index contributed by atoms with van der Waals surface area (Å²) in [6.07, 6.45) is 10.5. The van der Waals surface area contributed by atoms with Crippen LogP contribution in [0.5, 0.6) is 0 Å². The van der Waals surface area contributed by atoms with E-state index in [-0.39, 0.29) is 17.4 Å². The Labute approximate surface area is 183 Å². The zero-order valence-corrected chi connectivity index (χ0v) is 19.6. The lowest BCUT2D eigenvalue weighted by molar-refractivity contribution is -0.161. The van der Waals surface area contributed by atoms with Crippen LogP contribution in [0.2, 0.25) is 0 Å². The molecule has 1 aromatic carbocycles. The van der Waals surface area contributed by atoms with Crippen molar-refractivity contribution in [2.75, 3.05) is 6.54 Å². The van der Waals surface area contributed by atoms with E-state index in [1.165, 1.54) is 44.1 Å². The van der Waals surface area contributed by atoms with Gasteiger partial charge in [-0.25, -0.2) is 0 Å². The van der Waals surface area contributed by atoms with Crippen molar-refractivity contribution in [3.63, 3.8) is 0 Å². The summed E-state index contributed by atoms with van der Waals surface area (Å²) in [7, 11) is 0. The summed E-state index contributed by atoms with van der Waals surface area (Å²) < 4.78 is 5.80. The van der Waals surface area contributed by atoms with E-state index in [9.17, 15) is 4.79 Å². The fourth-order valence-corrected chi connectivity index (χ4v) is 5.32. The Kier molecular flexibility index (Phi) is 7.98. The number of likely N-dealkylation sites (tertiary alicyclic amines) is 1. The van der Waals surface area contributed by atoms with E-state index in [1.807, 2.05) is 20.8 Å². The third-order valence-corrected chi connectivity index (χ3v) is 6.64. The molecule has 0 spiro atoms. The molecule has 1 heterocycles. The fraction of sp³-hybridized carbons (Fsp3) is 0.731. The number of rotatable bonds is 9. The quantitative estimate of drug-likeness (QED) is 0.530. The first kappa shape index (κ1) is 23.3.